The van der Waals surface area contributed by atoms with Gasteiger partial charge in [-0.25, -0.2) is 4.79 Å². The summed E-state index contributed by atoms with van der Waals surface area (Å²) < 4.78 is 6.13. The van der Waals surface area contributed by atoms with Gasteiger partial charge in [-0.2, -0.15) is 0 Å². The molecule has 0 spiro atoms. The highest BCUT2D eigenvalue weighted by atomic mass is 32.2. The number of nitrogens with zero attached hydrogens (tertiary/aromatic N) is 2. The van der Waals surface area contributed by atoms with Crippen LogP contribution in [-0.4, -0.2) is 52.7 Å². The summed E-state index contributed by atoms with van der Waals surface area (Å²) in [6.45, 7) is 15.8. The lowest BCUT2D eigenvalue weighted by atomic mass is 9.90. The molecule has 5 nitrogen and oxygen atoms in total. The van der Waals surface area contributed by atoms with Crippen LogP contribution in [0, 0.1) is 5.41 Å². The zero-order valence-electron chi connectivity index (χ0n) is 14.6. The molecule has 0 saturated carbocycles. The number of rotatable bonds is 1. The van der Waals surface area contributed by atoms with Crippen LogP contribution in [0.25, 0.3) is 0 Å². The van der Waals surface area contributed by atoms with Gasteiger partial charge >= 0.3 is 6.09 Å². The Morgan fingerprint density at radius 1 is 1.18 bits per heavy atom. The van der Waals surface area contributed by atoms with E-state index >= 15 is 0 Å². The van der Waals surface area contributed by atoms with Gasteiger partial charge in [0.25, 0.3) is 0 Å². The lowest BCUT2D eigenvalue weighted by molar-refractivity contribution is -0.122. The SMILES string of the molecule is CC(C)(C)N1C=CSC1(OC(=O)N1CCNCC1)C(C)(C)C. The van der Waals surface area contributed by atoms with E-state index in [-0.39, 0.29) is 17.0 Å². The van der Waals surface area contributed by atoms with Gasteiger partial charge in [-0.05, 0) is 26.2 Å². The Morgan fingerprint density at radius 3 is 2.27 bits per heavy atom. The first kappa shape index (κ1) is 17.5. The van der Waals surface area contributed by atoms with Gasteiger partial charge in [-0.1, -0.05) is 32.5 Å². The molecule has 22 heavy (non-hydrogen) atoms. The van der Waals surface area contributed by atoms with Crippen LogP contribution in [0.3, 0.4) is 0 Å². The topological polar surface area (TPSA) is 44.8 Å². The number of hydrogen-bond donors (Lipinski definition) is 1. The molecule has 0 aromatic rings. The van der Waals surface area contributed by atoms with Crippen molar-refractivity contribution in [3.05, 3.63) is 11.6 Å². The summed E-state index contributed by atoms with van der Waals surface area (Å²) in [4.78, 5) is 16.7. The zero-order chi connectivity index (χ0) is 16.6. The number of amides is 1. The Kier molecular flexibility index (Phi) is 4.74. The number of carbonyl (C=O) groups is 1. The Balaban J connectivity index is 2.25. The van der Waals surface area contributed by atoms with Gasteiger partial charge < -0.3 is 19.9 Å². The van der Waals surface area contributed by atoms with E-state index in [1.165, 1.54) is 0 Å². The van der Waals surface area contributed by atoms with Gasteiger partial charge in [0.15, 0.2) is 0 Å². The highest BCUT2D eigenvalue weighted by Gasteiger charge is 2.55. The molecule has 0 radical (unpaired) electrons. The van der Waals surface area contributed by atoms with Crippen molar-refractivity contribution in [1.82, 2.24) is 15.1 Å². The molecule has 0 aromatic carbocycles. The van der Waals surface area contributed by atoms with Crippen LogP contribution in [0.15, 0.2) is 11.6 Å². The second-order valence-corrected chi connectivity index (χ2v) is 8.94. The van der Waals surface area contributed by atoms with Gasteiger partial charge in [0.1, 0.15) is 0 Å². The quantitative estimate of drug-likeness (QED) is 0.802. The largest absolute Gasteiger partial charge is 0.412 e. The molecule has 1 fully saturated rings. The summed E-state index contributed by atoms with van der Waals surface area (Å²) in [6.07, 6.45) is 1.82. The van der Waals surface area contributed by atoms with Crippen LogP contribution in [0.1, 0.15) is 41.5 Å². The molecule has 1 N–H and O–H groups in total. The Labute approximate surface area is 138 Å². The van der Waals surface area contributed by atoms with Crippen molar-refractivity contribution in [1.29, 1.82) is 0 Å². The highest BCUT2D eigenvalue weighted by Crippen LogP contribution is 2.52. The zero-order valence-corrected chi connectivity index (χ0v) is 15.4. The van der Waals surface area contributed by atoms with E-state index in [0.29, 0.717) is 13.1 Å². The number of ether oxygens (including phenoxy) is 1. The Hall–Kier alpha value is -0.880. The minimum atomic E-state index is -0.715. The summed E-state index contributed by atoms with van der Waals surface area (Å²) in [6, 6.07) is 0. The lowest BCUT2D eigenvalue weighted by Gasteiger charge is -2.51. The van der Waals surface area contributed by atoms with E-state index in [0.717, 1.165) is 13.1 Å². The van der Waals surface area contributed by atoms with Crippen LogP contribution in [-0.2, 0) is 4.74 Å². The molecule has 0 bridgehead atoms. The first-order valence-electron chi connectivity index (χ1n) is 7.90. The third-order valence-electron chi connectivity index (χ3n) is 4.03. The third-order valence-corrected chi connectivity index (χ3v) is 5.50. The lowest BCUT2D eigenvalue weighted by Crippen LogP contribution is -2.61. The monoisotopic (exact) mass is 327 g/mol. The average Bonchev–Trinajstić information content (AvgIpc) is 2.84. The number of thioether (sulfide) groups is 1. The second-order valence-electron chi connectivity index (χ2n) is 7.88. The number of carbonyl (C=O) groups excluding carboxylic acids is 1. The molecule has 2 rings (SSSR count). The average molecular weight is 327 g/mol. The van der Waals surface area contributed by atoms with Crippen LogP contribution < -0.4 is 5.32 Å². The fourth-order valence-corrected chi connectivity index (χ4v) is 4.09. The van der Waals surface area contributed by atoms with Crippen LogP contribution >= 0.6 is 11.8 Å². The first-order valence-corrected chi connectivity index (χ1v) is 8.78. The van der Waals surface area contributed by atoms with Gasteiger partial charge in [0.05, 0.1) is 0 Å². The van der Waals surface area contributed by atoms with Gasteiger partial charge in [0.2, 0.25) is 5.06 Å². The van der Waals surface area contributed by atoms with E-state index in [4.69, 9.17) is 4.74 Å². The van der Waals surface area contributed by atoms with Gasteiger partial charge in [-0.3, -0.25) is 0 Å². The molecule has 2 aliphatic rings. The molecule has 2 heterocycles. The molecule has 1 amide bonds. The molecule has 6 heteroatoms. The standard InChI is InChI=1S/C16H29N3O2S/c1-14(2,3)16(19(11-12-22-16)15(4,5)6)21-13(20)18-9-7-17-8-10-18/h11-12,17H,7-10H2,1-6H3. The predicted octanol–water partition coefficient (Wildman–Crippen LogP) is 3.05. The maximum Gasteiger partial charge on any atom is 0.412 e. The van der Waals surface area contributed by atoms with Crippen molar-refractivity contribution in [2.75, 3.05) is 26.2 Å². The van der Waals surface area contributed by atoms with E-state index < -0.39 is 5.06 Å². The fraction of sp³-hybridized carbons (Fsp3) is 0.812. The molecule has 1 saturated heterocycles. The molecule has 0 aliphatic carbocycles. The summed E-state index contributed by atoms with van der Waals surface area (Å²) >= 11 is 1.58. The van der Waals surface area contributed by atoms with Crippen LogP contribution in [0.4, 0.5) is 4.79 Å². The molecule has 0 aromatic heterocycles. The normalized spacial score (nSPS) is 26.5. The van der Waals surface area contributed by atoms with E-state index in [1.807, 2.05) is 11.6 Å². The van der Waals surface area contributed by atoms with E-state index in [1.54, 1.807) is 16.7 Å². The van der Waals surface area contributed by atoms with Crippen molar-refractivity contribution >= 4 is 17.9 Å². The smallest absolute Gasteiger partial charge is 0.412 e. The molecule has 2 aliphatic heterocycles. The van der Waals surface area contributed by atoms with Crippen molar-refractivity contribution in [3.8, 4) is 0 Å². The van der Waals surface area contributed by atoms with Crippen molar-refractivity contribution in [3.63, 3.8) is 0 Å². The summed E-state index contributed by atoms with van der Waals surface area (Å²) in [5.74, 6) is 0. The summed E-state index contributed by atoms with van der Waals surface area (Å²) in [7, 11) is 0. The minimum absolute atomic E-state index is 0.128. The molecule has 1 atom stereocenters. The van der Waals surface area contributed by atoms with Crippen molar-refractivity contribution in [2.24, 2.45) is 5.41 Å². The van der Waals surface area contributed by atoms with E-state index in [9.17, 15) is 4.79 Å². The van der Waals surface area contributed by atoms with Gasteiger partial charge in [0, 0.05) is 43.3 Å². The third kappa shape index (κ3) is 3.23. The Bertz CT molecular complexity index is 447. The maximum absolute atomic E-state index is 12.7. The first-order chi connectivity index (χ1) is 10.1. The molecular weight excluding hydrogens is 298 g/mol. The van der Waals surface area contributed by atoms with E-state index in [2.05, 4.69) is 51.8 Å². The van der Waals surface area contributed by atoms with Gasteiger partial charge in [-0.15, -0.1) is 0 Å². The summed E-state index contributed by atoms with van der Waals surface area (Å²) in [5, 5.41) is 4.57. The van der Waals surface area contributed by atoms with Crippen molar-refractivity contribution in [2.45, 2.75) is 52.1 Å². The van der Waals surface area contributed by atoms with Crippen LogP contribution in [0.5, 0.6) is 0 Å². The highest BCUT2D eigenvalue weighted by molar-refractivity contribution is 8.03. The fourth-order valence-electron chi connectivity index (χ4n) is 2.80. The number of hydrogen-bond acceptors (Lipinski definition) is 5. The number of nitrogens with one attached hydrogen (secondary N) is 1. The summed E-state index contributed by atoms with van der Waals surface area (Å²) in [5.41, 5.74) is -0.352. The minimum Gasteiger partial charge on any atom is -0.412 e. The van der Waals surface area contributed by atoms with Crippen molar-refractivity contribution < 1.29 is 9.53 Å². The molecule has 1 unspecified atom stereocenters. The Morgan fingerprint density at radius 2 is 1.77 bits per heavy atom. The molecule has 126 valence electrons. The number of piperazine rings is 1. The molecular formula is C16H29N3O2S. The predicted molar refractivity (Wildman–Crippen MR) is 91.4 cm³/mol. The maximum atomic E-state index is 12.7. The van der Waals surface area contributed by atoms with Crippen LogP contribution in [0.2, 0.25) is 0 Å². The second kappa shape index (κ2) is 5.96.